The highest BCUT2D eigenvalue weighted by Crippen LogP contribution is 2.19. The van der Waals surface area contributed by atoms with Crippen LogP contribution in [0.3, 0.4) is 0 Å². The van der Waals surface area contributed by atoms with E-state index in [0.29, 0.717) is 6.92 Å². The van der Waals surface area contributed by atoms with E-state index in [2.05, 4.69) is 4.74 Å². The maximum atomic E-state index is 12.8. The Balaban J connectivity index is 2.99. The molecule has 19 heavy (non-hydrogen) atoms. The number of nitrogens with one attached hydrogen (secondary N) is 1. The van der Waals surface area contributed by atoms with Crippen molar-refractivity contribution in [3.63, 3.8) is 0 Å². The topological polar surface area (TPSA) is 55.4 Å². The molecule has 0 aromatic heterocycles. The van der Waals surface area contributed by atoms with Gasteiger partial charge in [-0.25, -0.2) is 9.18 Å². The molecule has 0 bridgehead atoms. The van der Waals surface area contributed by atoms with E-state index in [0.717, 1.165) is 19.2 Å². The van der Waals surface area contributed by atoms with Crippen molar-refractivity contribution in [1.82, 2.24) is 5.32 Å². The Hall–Kier alpha value is -2.05. The number of esters is 1. The summed E-state index contributed by atoms with van der Waals surface area (Å²) in [5.74, 6) is -6.73. The van der Waals surface area contributed by atoms with Gasteiger partial charge in [0.2, 0.25) is 0 Å². The van der Waals surface area contributed by atoms with E-state index in [1.165, 1.54) is 12.1 Å². The van der Waals surface area contributed by atoms with Crippen molar-refractivity contribution in [3.8, 4) is 0 Å². The Morgan fingerprint density at radius 2 is 1.79 bits per heavy atom. The minimum atomic E-state index is -3.63. The predicted molar refractivity (Wildman–Crippen MR) is 59.9 cm³/mol. The summed E-state index contributed by atoms with van der Waals surface area (Å²) < 4.78 is 42.8. The first-order valence-electron chi connectivity index (χ1n) is 5.27. The van der Waals surface area contributed by atoms with Crippen LogP contribution in [0.5, 0.6) is 0 Å². The molecule has 1 atom stereocenters. The number of carbonyl (C=O) groups excluding carboxylic acids is 2. The molecule has 1 N–H and O–H groups in total. The number of halogens is 3. The molecule has 0 saturated carbocycles. The van der Waals surface area contributed by atoms with Gasteiger partial charge in [0.15, 0.2) is 6.04 Å². The number of alkyl halides is 2. The van der Waals surface area contributed by atoms with Gasteiger partial charge in [-0.3, -0.25) is 4.79 Å². The van der Waals surface area contributed by atoms with Crippen molar-refractivity contribution < 1.29 is 27.5 Å². The summed E-state index contributed by atoms with van der Waals surface area (Å²) >= 11 is 0. The second kappa shape index (κ2) is 5.73. The van der Waals surface area contributed by atoms with Gasteiger partial charge in [-0.2, -0.15) is 8.78 Å². The third-order valence-electron chi connectivity index (χ3n) is 2.31. The number of carbonyl (C=O) groups is 2. The van der Waals surface area contributed by atoms with Gasteiger partial charge in [0.25, 0.3) is 5.91 Å². The Morgan fingerprint density at radius 1 is 1.26 bits per heavy atom. The third kappa shape index (κ3) is 3.97. The van der Waals surface area contributed by atoms with Crippen molar-refractivity contribution in [2.45, 2.75) is 18.9 Å². The molecule has 0 heterocycles. The first-order valence-corrected chi connectivity index (χ1v) is 5.27. The van der Waals surface area contributed by atoms with E-state index < -0.39 is 29.7 Å². The van der Waals surface area contributed by atoms with Crippen LogP contribution in [0.25, 0.3) is 0 Å². The minimum absolute atomic E-state index is 0.144. The van der Waals surface area contributed by atoms with Crippen LogP contribution in [0.4, 0.5) is 13.2 Å². The minimum Gasteiger partial charge on any atom is -0.467 e. The van der Waals surface area contributed by atoms with Gasteiger partial charge in [0.05, 0.1) is 7.11 Å². The number of benzene rings is 1. The monoisotopic (exact) mass is 275 g/mol. The van der Waals surface area contributed by atoms with E-state index >= 15 is 0 Å². The number of methoxy groups -OCH3 is 1. The van der Waals surface area contributed by atoms with E-state index in [-0.39, 0.29) is 5.56 Å². The highest BCUT2D eigenvalue weighted by atomic mass is 19.3. The summed E-state index contributed by atoms with van der Waals surface area (Å²) in [6.45, 7) is 0.404. The lowest BCUT2D eigenvalue weighted by Crippen LogP contribution is -2.42. The van der Waals surface area contributed by atoms with Crippen molar-refractivity contribution in [1.29, 1.82) is 0 Å². The fraction of sp³-hybridized carbons (Fsp3) is 0.333. The zero-order valence-corrected chi connectivity index (χ0v) is 10.2. The van der Waals surface area contributed by atoms with Crippen LogP contribution in [-0.2, 0) is 14.3 Å². The molecular weight excluding hydrogens is 263 g/mol. The van der Waals surface area contributed by atoms with Crippen LogP contribution < -0.4 is 5.32 Å². The molecule has 1 aromatic rings. The summed E-state index contributed by atoms with van der Waals surface area (Å²) in [4.78, 5) is 22.7. The second-order valence-electron chi connectivity index (χ2n) is 3.87. The normalized spacial score (nSPS) is 12.7. The molecule has 0 spiro atoms. The largest absolute Gasteiger partial charge is 0.467 e. The first kappa shape index (κ1) is 15.0. The molecule has 7 heteroatoms. The van der Waals surface area contributed by atoms with Gasteiger partial charge < -0.3 is 10.1 Å². The molecule has 0 fully saturated rings. The second-order valence-corrected chi connectivity index (χ2v) is 3.87. The molecule has 0 unspecified atom stereocenters. The Bertz CT molecular complexity index is 468. The van der Waals surface area contributed by atoms with Crippen LogP contribution in [-0.4, -0.2) is 24.9 Å². The lowest BCUT2D eigenvalue weighted by atomic mass is 10.1. The lowest BCUT2D eigenvalue weighted by Gasteiger charge is -2.19. The molecule has 0 aliphatic rings. The number of ether oxygens (including phenoxy) is 1. The van der Waals surface area contributed by atoms with E-state index in [4.69, 9.17) is 0 Å². The zero-order valence-electron chi connectivity index (χ0n) is 10.2. The van der Waals surface area contributed by atoms with E-state index in [1.807, 2.05) is 5.32 Å². The van der Waals surface area contributed by atoms with Crippen molar-refractivity contribution in [2.24, 2.45) is 0 Å². The van der Waals surface area contributed by atoms with Crippen molar-refractivity contribution in [3.05, 3.63) is 35.6 Å². The van der Waals surface area contributed by atoms with Gasteiger partial charge in [-0.15, -0.1) is 0 Å². The third-order valence-corrected chi connectivity index (χ3v) is 2.31. The molecule has 1 rings (SSSR count). The average molecular weight is 275 g/mol. The fourth-order valence-electron chi connectivity index (χ4n) is 1.31. The maximum Gasteiger partial charge on any atom is 0.333 e. The van der Waals surface area contributed by atoms with Gasteiger partial charge in [-0.1, -0.05) is 12.1 Å². The molecule has 1 aromatic carbocycles. The zero-order chi connectivity index (χ0) is 14.6. The van der Waals surface area contributed by atoms with Crippen molar-refractivity contribution in [2.75, 3.05) is 7.11 Å². The van der Waals surface area contributed by atoms with E-state index in [1.54, 1.807) is 0 Å². The average Bonchev–Trinajstić information content (AvgIpc) is 2.35. The van der Waals surface area contributed by atoms with Gasteiger partial charge >= 0.3 is 11.9 Å². The predicted octanol–water partition coefficient (Wildman–Crippen LogP) is 1.81. The molecule has 0 aliphatic heterocycles. The van der Waals surface area contributed by atoms with Crippen LogP contribution in [0, 0.1) is 5.82 Å². The molecule has 0 radical (unpaired) electrons. The summed E-state index contributed by atoms with van der Waals surface area (Å²) in [6.07, 6.45) is 0. The van der Waals surface area contributed by atoms with E-state index in [9.17, 15) is 22.8 Å². The highest BCUT2D eigenvalue weighted by Gasteiger charge is 2.36. The van der Waals surface area contributed by atoms with Crippen molar-refractivity contribution >= 4 is 11.9 Å². The smallest absolute Gasteiger partial charge is 0.333 e. The Morgan fingerprint density at radius 3 is 2.21 bits per heavy atom. The standard InChI is InChI=1S/C12H12F3NO3/c1-12(14,15)11(18)16-9(10(17)19-2)7-3-5-8(13)6-4-7/h3-6,9H,1-2H3,(H,16,18)/t9-/m1/s1. The molecule has 4 nitrogen and oxygen atoms in total. The molecular formula is C12H12F3NO3. The Labute approximate surface area is 107 Å². The quantitative estimate of drug-likeness (QED) is 0.853. The van der Waals surface area contributed by atoms with Gasteiger partial charge in [0.1, 0.15) is 5.82 Å². The fourth-order valence-corrected chi connectivity index (χ4v) is 1.31. The number of hydrogen-bond acceptors (Lipinski definition) is 3. The van der Waals surface area contributed by atoms with Gasteiger partial charge in [-0.05, 0) is 17.7 Å². The summed E-state index contributed by atoms with van der Waals surface area (Å²) in [7, 11) is 1.05. The summed E-state index contributed by atoms with van der Waals surface area (Å²) in [5.41, 5.74) is 0.144. The highest BCUT2D eigenvalue weighted by molar-refractivity contribution is 5.88. The van der Waals surface area contributed by atoms with Crippen LogP contribution in [0.1, 0.15) is 18.5 Å². The first-order chi connectivity index (χ1) is 8.75. The maximum absolute atomic E-state index is 12.8. The lowest BCUT2D eigenvalue weighted by molar-refractivity contribution is -0.151. The number of rotatable bonds is 4. The molecule has 104 valence electrons. The Kier molecular flexibility index (Phi) is 4.52. The van der Waals surface area contributed by atoms with Crippen LogP contribution >= 0.6 is 0 Å². The SMILES string of the molecule is COC(=O)[C@H](NC(=O)C(C)(F)F)c1ccc(F)cc1. The number of amides is 1. The molecule has 0 aliphatic carbocycles. The summed E-state index contributed by atoms with van der Waals surface area (Å²) in [6, 6.07) is 3.07. The number of hydrogen-bond donors (Lipinski definition) is 1. The van der Waals surface area contributed by atoms with Crippen LogP contribution in [0.2, 0.25) is 0 Å². The molecule has 1 amide bonds. The summed E-state index contributed by atoms with van der Waals surface area (Å²) in [5, 5.41) is 1.86. The molecule has 0 saturated heterocycles. The van der Waals surface area contributed by atoms with Gasteiger partial charge in [0, 0.05) is 6.92 Å². The van der Waals surface area contributed by atoms with Crippen LogP contribution in [0.15, 0.2) is 24.3 Å².